The van der Waals surface area contributed by atoms with Crippen LogP contribution in [0.4, 0.5) is 13.2 Å². The number of hydrogen-bond acceptors (Lipinski definition) is 4. The molecule has 0 bridgehead atoms. The maximum absolute atomic E-state index is 10.7. The van der Waals surface area contributed by atoms with Crippen LogP contribution in [0.15, 0.2) is 70.5 Å². The SMILES string of the molecule is C[n+]1c2c3c(cccc3c3ccc(I)cc31)Sc1ccccc1-2.O=S(=O)([O-])C(F)(F)F. The molecular formula is C21H13F3INO3S2. The zero-order valence-corrected chi connectivity index (χ0v) is 19.6. The van der Waals surface area contributed by atoms with Gasteiger partial charge >= 0.3 is 5.51 Å². The summed E-state index contributed by atoms with van der Waals surface area (Å²) in [5.74, 6) is 0. The average Bonchev–Trinajstić information content (AvgIpc) is 2.69. The second-order valence-corrected chi connectivity index (χ2v) is 10.4. The third-order valence-corrected chi connectivity index (χ3v) is 7.23. The highest BCUT2D eigenvalue weighted by molar-refractivity contribution is 14.1. The fourth-order valence-corrected chi connectivity index (χ4v) is 5.16. The van der Waals surface area contributed by atoms with Gasteiger partial charge in [0.1, 0.15) is 7.05 Å². The molecule has 0 spiro atoms. The number of fused-ring (bicyclic) bond motifs is 4. The lowest BCUT2D eigenvalue weighted by Crippen LogP contribution is -2.33. The summed E-state index contributed by atoms with van der Waals surface area (Å²) in [6, 6.07) is 22.1. The highest BCUT2D eigenvalue weighted by Gasteiger charge is 2.37. The summed E-state index contributed by atoms with van der Waals surface area (Å²) in [6.45, 7) is 0. The second kappa shape index (κ2) is 7.91. The summed E-state index contributed by atoms with van der Waals surface area (Å²) >= 11 is 4.28. The number of alkyl halides is 3. The first-order chi connectivity index (χ1) is 14.5. The van der Waals surface area contributed by atoms with Crippen molar-refractivity contribution in [3.05, 3.63) is 64.2 Å². The Balaban J connectivity index is 0.000000250. The Labute approximate surface area is 194 Å². The molecular weight excluding hydrogens is 562 g/mol. The Morgan fingerprint density at radius 1 is 0.968 bits per heavy atom. The van der Waals surface area contributed by atoms with Crippen molar-refractivity contribution in [3.63, 3.8) is 0 Å². The highest BCUT2D eigenvalue weighted by atomic mass is 127. The van der Waals surface area contributed by atoms with E-state index in [-0.39, 0.29) is 0 Å². The van der Waals surface area contributed by atoms with Gasteiger partial charge in [0.05, 0.1) is 16.3 Å². The van der Waals surface area contributed by atoms with Crippen LogP contribution in [0.5, 0.6) is 0 Å². The van der Waals surface area contributed by atoms with E-state index in [2.05, 4.69) is 94.9 Å². The van der Waals surface area contributed by atoms with Crippen molar-refractivity contribution in [2.75, 3.05) is 0 Å². The smallest absolute Gasteiger partial charge is 0.485 e. The van der Waals surface area contributed by atoms with Crippen molar-refractivity contribution in [1.29, 1.82) is 0 Å². The standard InChI is InChI=1S/C20H13INS.CHF3O3S/c1-22-16-11-12(21)9-10-13(16)14-6-4-8-18-19(14)20(22)15-5-2-3-7-17(15)23-18;2-1(3,4)8(5,6)7/h2-11H,1H3;(H,5,6,7)/q+1;/p-1. The molecule has 31 heavy (non-hydrogen) atoms. The minimum absolute atomic E-state index is 1.27. The minimum Gasteiger partial charge on any atom is -0.741 e. The van der Waals surface area contributed by atoms with Crippen LogP contribution in [0.2, 0.25) is 0 Å². The summed E-state index contributed by atoms with van der Waals surface area (Å²) in [5, 5.41) is 4.06. The van der Waals surface area contributed by atoms with E-state index in [1.54, 1.807) is 0 Å². The molecule has 0 N–H and O–H groups in total. The zero-order chi connectivity index (χ0) is 22.6. The van der Waals surface area contributed by atoms with Crippen molar-refractivity contribution in [2.45, 2.75) is 15.3 Å². The molecule has 0 saturated heterocycles. The van der Waals surface area contributed by atoms with Crippen molar-refractivity contribution < 1.29 is 30.7 Å². The van der Waals surface area contributed by atoms with Crippen molar-refractivity contribution in [3.8, 4) is 11.3 Å². The molecule has 0 saturated carbocycles. The largest absolute Gasteiger partial charge is 0.741 e. The van der Waals surface area contributed by atoms with Crippen molar-refractivity contribution in [1.82, 2.24) is 0 Å². The number of rotatable bonds is 0. The second-order valence-electron chi connectivity index (χ2n) is 6.75. The van der Waals surface area contributed by atoms with E-state index in [0.29, 0.717) is 0 Å². The monoisotopic (exact) mass is 575 g/mol. The maximum atomic E-state index is 10.7. The normalized spacial score (nSPS) is 13.0. The van der Waals surface area contributed by atoms with E-state index in [1.165, 1.54) is 46.3 Å². The highest BCUT2D eigenvalue weighted by Crippen LogP contribution is 2.47. The van der Waals surface area contributed by atoms with Crippen LogP contribution in [-0.4, -0.2) is 18.5 Å². The predicted molar refractivity (Wildman–Crippen MR) is 121 cm³/mol. The predicted octanol–water partition coefficient (Wildman–Crippen LogP) is 5.61. The molecule has 3 aromatic carbocycles. The van der Waals surface area contributed by atoms with Crippen molar-refractivity contribution >= 4 is 66.1 Å². The number of halogens is 4. The Hall–Kier alpha value is -1.89. The van der Waals surface area contributed by atoms with Gasteiger partial charge in [-0.15, -0.1) is 0 Å². The average molecular weight is 575 g/mol. The molecule has 4 aromatic rings. The van der Waals surface area contributed by atoms with Crippen LogP contribution in [-0.2, 0) is 17.2 Å². The molecule has 1 aliphatic rings. The summed E-state index contributed by atoms with van der Waals surface area (Å²) < 4.78 is 62.5. The van der Waals surface area contributed by atoms with Crippen LogP contribution < -0.4 is 4.57 Å². The molecule has 0 atom stereocenters. The lowest BCUT2D eigenvalue weighted by atomic mass is 9.98. The molecule has 0 amide bonds. The number of aromatic nitrogens is 1. The maximum Gasteiger partial charge on any atom is 0.485 e. The fourth-order valence-electron chi connectivity index (χ4n) is 3.57. The molecule has 4 nitrogen and oxygen atoms in total. The van der Waals surface area contributed by atoms with E-state index in [4.69, 9.17) is 13.0 Å². The lowest BCUT2D eigenvalue weighted by Gasteiger charge is -2.19. The minimum atomic E-state index is -6.09. The molecule has 0 radical (unpaired) electrons. The van der Waals surface area contributed by atoms with Gasteiger partial charge in [0.15, 0.2) is 10.1 Å². The number of aryl methyl sites for hydroxylation is 1. The number of pyridine rings is 1. The van der Waals surface area contributed by atoms with Crippen LogP contribution in [0.1, 0.15) is 0 Å². The van der Waals surface area contributed by atoms with Gasteiger partial charge in [-0.3, -0.25) is 0 Å². The Bertz CT molecular complexity index is 1450. The van der Waals surface area contributed by atoms with Gasteiger partial charge in [0.2, 0.25) is 11.2 Å². The van der Waals surface area contributed by atoms with Crippen LogP contribution in [0.25, 0.3) is 32.9 Å². The summed E-state index contributed by atoms with van der Waals surface area (Å²) in [7, 11) is -3.90. The summed E-state index contributed by atoms with van der Waals surface area (Å²) in [4.78, 5) is 2.69. The molecule has 5 rings (SSSR count). The van der Waals surface area contributed by atoms with Gasteiger partial charge in [-0.25, -0.2) is 8.42 Å². The molecule has 1 aromatic heterocycles. The lowest BCUT2D eigenvalue weighted by molar-refractivity contribution is -0.632. The fraction of sp³-hybridized carbons (Fsp3) is 0.0952. The van der Waals surface area contributed by atoms with E-state index < -0.39 is 15.6 Å². The topological polar surface area (TPSA) is 61.1 Å². The summed E-state index contributed by atoms with van der Waals surface area (Å²) in [5.41, 5.74) is -1.69. The third-order valence-electron chi connectivity index (χ3n) is 4.86. The summed E-state index contributed by atoms with van der Waals surface area (Å²) in [6.07, 6.45) is 0. The van der Waals surface area contributed by atoms with Gasteiger partial charge in [0.25, 0.3) is 0 Å². The van der Waals surface area contributed by atoms with Crippen LogP contribution >= 0.6 is 34.4 Å². The third kappa shape index (κ3) is 4.01. The number of nitrogens with zero attached hydrogens (tertiary/aromatic N) is 1. The molecule has 160 valence electrons. The van der Waals surface area contributed by atoms with E-state index in [0.717, 1.165) is 0 Å². The van der Waals surface area contributed by atoms with E-state index >= 15 is 0 Å². The van der Waals surface area contributed by atoms with E-state index in [1.807, 2.05) is 11.8 Å². The number of benzene rings is 3. The molecule has 10 heteroatoms. The van der Waals surface area contributed by atoms with Gasteiger partial charge in [-0.2, -0.15) is 17.7 Å². The Morgan fingerprint density at radius 3 is 2.29 bits per heavy atom. The zero-order valence-electron chi connectivity index (χ0n) is 15.8. The molecule has 0 aliphatic carbocycles. The number of hydrogen-bond donors (Lipinski definition) is 0. The van der Waals surface area contributed by atoms with Gasteiger partial charge in [-0.05, 0) is 52.9 Å². The van der Waals surface area contributed by atoms with Crippen LogP contribution in [0.3, 0.4) is 0 Å². The Morgan fingerprint density at radius 2 is 1.61 bits per heavy atom. The van der Waals surface area contributed by atoms with Crippen molar-refractivity contribution in [2.24, 2.45) is 7.05 Å². The van der Waals surface area contributed by atoms with Gasteiger partial charge < -0.3 is 4.55 Å². The van der Waals surface area contributed by atoms with E-state index in [9.17, 15) is 13.2 Å². The van der Waals surface area contributed by atoms with Gasteiger partial charge in [0, 0.05) is 24.8 Å². The quantitative estimate of drug-likeness (QED) is 0.0793. The first-order valence-corrected chi connectivity index (χ1v) is 12.1. The molecule has 2 heterocycles. The molecule has 0 unspecified atom stereocenters. The van der Waals surface area contributed by atoms with Gasteiger partial charge in [-0.1, -0.05) is 36.0 Å². The molecule has 0 fully saturated rings. The Kier molecular flexibility index (Phi) is 5.69. The first-order valence-electron chi connectivity index (χ1n) is 8.82. The first kappa shape index (κ1) is 22.3. The van der Waals surface area contributed by atoms with Crippen LogP contribution in [0, 0.1) is 3.57 Å². The molecule has 1 aliphatic heterocycles.